The molecule has 1 fully saturated rings. The van der Waals surface area contributed by atoms with Gasteiger partial charge in [0.05, 0.1) is 6.20 Å². The van der Waals surface area contributed by atoms with E-state index < -0.39 is 0 Å². The SMILES string of the molecule is CNCC1CCCOC1c1ncc(Cl)s1. The summed E-state index contributed by atoms with van der Waals surface area (Å²) in [6, 6.07) is 0. The smallest absolute Gasteiger partial charge is 0.123 e. The molecule has 1 N–H and O–H groups in total. The fourth-order valence-electron chi connectivity index (χ4n) is 1.99. The van der Waals surface area contributed by atoms with Crippen LogP contribution >= 0.6 is 22.9 Å². The van der Waals surface area contributed by atoms with Crippen molar-refractivity contribution in [3.05, 3.63) is 15.5 Å². The van der Waals surface area contributed by atoms with Crippen molar-refractivity contribution in [1.29, 1.82) is 0 Å². The Morgan fingerprint density at radius 2 is 2.60 bits per heavy atom. The second kappa shape index (κ2) is 5.25. The van der Waals surface area contributed by atoms with Gasteiger partial charge in [0, 0.05) is 19.1 Å². The molecule has 0 spiro atoms. The van der Waals surface area contributed by atoms with E-state index in [1.165, 1.54) is 17.8 Å². The van der Waals surface area contributed by atoms with E-state index in [1.807, 2.05) is 7.05 Å². The summed E-state index contributed by atoms with van der Waals surface area (Å²) in [6.45, 7) is 1.81. The van der Waals surface area contributed by atoms with Crippen molar-refractivity contribution in [2.24, 2.45) is 5.92 Å². The Labute approximate surface area is 98.8 Å². The van der Waals surface area contributed by atoms with E-state index in [0.29, 0.717) is 5.92 Å². The quantitative estimate of drug-likeness (QED) is 0.890. The van der Waals surface area contributed by atoms with Crippen molar-refractivity contribution in [2.75, 3.05) is 20.2 Å². The van der Waals surface area contributed by atoms with E-state index in [0.717, 1.165) is 28.9 Å². The van der Waals surface area contributed by atoms with Gasteiger partial charge in [-0.2, -0.15) is 0 Å². The molecule has 84 valence electrons. The van der Waals surface area contributed by atoms with Crippen LogP contribution in [-0.4, -0.2) is 25.2 Å². The molecular formula is C10H15ClN2OS. The van der Waals surface area contributed by atoms with Gasteiger partial charge in [0.1, 0.15) is 15.4 Å². The minimum Gasteiger partial charge on any atom is -0.371 e. The third kappa shape index (κ3) is 2.69. The van der Waals surface area contributed by atoms with Gasteiger partial charge in [-0.25, -0.2) is 4.98 Å². The number of hydrogen-bond acceptors (Lipinski definition) is 4. The molecule has 0 saturated carbocycles. The number of halogens is 1. The molecule has 1 aliphatic heterocycles. The van der Waals surface area contributed by atoms with Crippen LogP contribution in [0.2, 0.25) is 4.34 Å². The molecule has 2 unspecified atom stereocenters. The van der Waals surface area contributed by atoms with Crippen molar-refractivity contribution >= 4 is 22.9 Å². The van der Waals surface area contributed by atoms with E-state index in [-0.39, 0.29) is 6.10 Å². The van der Waals surface area contributed by atoms with Gasteiger partial charge in [0.15, 0.2) is 0 Å². The van der Waals surface area contributed by atoms with Gasteiger partial charge in [0.25, 0.3) is 0 Å². The minimum absolute atomic E-state index is 0.128. The first-order valence-corrected chi connectivity index (χ1v) is 6.38. The van der Waals surface area contributed by atoms with Crippen LogP contribution in [0, 0.1) is 5.92 Å². The maximum absolute atomic E-state index is 5.89. The lowest BCUT2D eigenvalue weighted by molar-refractivity contribution is -0.0273. The third-order valence-electron chi connectivity index (χ3n) is 2.65. The highest BCUT2D eigenvalue weighted by atomic mass is 35.5. The molecule has 1 saturated heterocycles. The standard InChI is InChI=1S/C10H15ClN2OS/c1-12-5-7-3-2-4-14-9(7)10-13-6-8(11)15-10/h6-7,9,12H,2-5H2,1H3. The average Bonchev–Trinajstić information content (AvgIpc) is 2.66. The van der Waals surface area contributed by atoms with E-state index in [2.05, 4.69) is 10.3 Å². The predicted molar refractivity (Wildman–Crippen MR) is 62.5 cm³/mol. The first-order valence-electron chi connectivity index (χ1n) is 5.18. The maximum Gasteiger partial charge on any atom is 0.123 e. The van der Waals surface area contributed by atoms with Crippen LogP contribution in [0.25, 0.3) is 0 Å². The van der Waals surface area contributed by atoms with Crippen LogP contribution in [0.3, 0.4) is 0 Å². The fourth-order valence-corrected chi connectivity index (χ4v) is 3.06. The molecule has 1 aliphatic rings. The lowest BCUT2D eigenvalue weighted by Crippen LogP contribution is -2.30. The molecule has 0 radical (unpaired) electrons. The third-order valence-corrected chi connectivity index (χ3v) is 3.83. The topological polar surface area (TPSA) is 34.1 Å². The zero-order valence-electron chi connectivity index (χ0n) is 8.70. The van der Waals surface area contributed by atoms with E-state index in [9.17, 15) is 0 Å². The van der Waals surface area contributed by atoms with Gasteiger partial charge in [-0.05, 0) is 19.9 Å². The number of nitrogens with one attached hydrogen (secondary N) is 1. The highest BCUT2D eigenvalue weighted by Crippen LogP contribution is 2.36. The van der Waals surface area contributed by atoms with Crippen LogP contribution in [0.4, 0.5) is 0 Å². The first-order chi connectivity index (χ1) is 7.31. The minimum atomic E-state index is 0.128. The number of rotatable bonds is 3. The number of aromatic nitrogens is 1. The average molecular weight is 247 g/mol. The predicted octanol–water partition coefficient (Wildman–Crippen LogP) is 2.48. The summed E-state index contributed by atoms with van der Waals surface area (Å²) in [5, 5.41) is 4.22. The lowest BCUT2D eigenvalue weighted by Gasteiger charge is -2.30. The molecular weight excluding hydrogens is 232 g/mol. The Bertz CT molecular complexity index is 316. The molecule has 0 bridgehead atoms. The number of nitrogens with zero attached hydrogens (tertiary/aromatic N) is 1. The van der Waals surface area contributed by atoms with E-state index >= 15 is 0 Å². The van der Waals surface area contributed by atoms with Crippen LogP contribution in [0.1, 0.15) is 24.0 Å². The summed E-state index contributed by atoms with van der Waals surface area (Å²) in [4.78, 5) is 4.31. The Balaban J connectivity index is 2.10. The van der Waals surface area contributed by atoms with Crippen molar-refractivity contribution in [3.63, 3.8) is 0 Å². The van der Waals surface area contributed by atoms with Crippen molar-refractivity contribution in [2.45, 2.75) is 18.9 Å². The number of thiazole rings is 1. The Hall–Kier alpha value is -0.160. The molecule has 0 amide bonds. The van der Waals surface area contributed by atoms with Crippen LogP contribution < -0.4 is 5.32 Å². The largest absolute Gasteiger partial charge is 0.371 e. The van der Waals surface area contributed by atoms with Crippen molar-refractivity contribution < 1.29 is 4.74 Å². The normalized spacial score (nSPS) is 26.8. The monoisotopic (exact) mass is 246 g/mol. The molecule has 2 atom stereocenters. The molecule has 15 heavy (non-hydrogen) atoms. The number of hydrogen-bond donors (Lipinski definition) is 1. The summed E-state index contributed by atoms with van der Waals surface area (Å²) in [5.41, 5.74) is 0. The zero-order chi connectivity index (χ0) is 10.7. The van der Waals surface area contributed by atoms with Gasteiger partial charge < -0.3 is 10.1 Å². The molecule has 0 aromatic carbocycles. The number of ether oxygens (including phenoxy) is 1. The van der Waals surface area contributed by atoms with Gasteiger partial charge in [-0.1, -0.05) is 11.6 Å². The van der Waals surface area contributed by atoms with Gasteiger partial charge in [-0.15, -0.1) is 11.3 Å². The Morgan fingerprint density at radius 3 is 3.27 bits per heavy atom. The Kier molecular flexibility index (Phi) is 3.97. The second-order valence-electron chi connectivity index (χ2n) is 3.75. The molecule has 1 aromatic rings. The molecule has 2 rings (SSSR count). The second-order valence-corrected chi connectivity index (χ2v) is 5.45. The molecule has 0 aliphatic carbocycles. The van der Waals surface area contributed by atoms with Crippen LogP contribution in [0.15, 0.2) is 6.20 Å². The highest BCUT2D eigenvalue weighted by Gasteiger charge is 2.29. The highest BCUT2D eigenvalue weighted by molar-refractivity contribution is 7.15. The molecule has 3 nitrogen and oxygen atoms in total. The van der Waals surface area contributed by atoms with Crippen molar-refractivity contribution in [1.82, 2.24) is 10.3 Å². The summed E-state index contributed by atoms with van der Waals surface area (Å²) in [6.07, 6.45) is 4.17. The molecule has 2 heterocycles. The van der Waals surface area contributed by atoms with Crippen molar-refractivity contribution in [3.8, 4) is 0 Å². The summed E-state index contributed by atoms with van der Waals surface area (Å²) < 4.78 is 6.53. The summed E-state index contributed by atoms with van der Waals surface area (Å²) in [7, 11) is 1.97. The zero-order valence-corrected chi connectivity index (χ0v) is 10.3. The van der Waals surface area contributed by atoms with Gasteiger partial charge in [-0.3, -0.25) is 0 Å². The summed E-state index contributed by atoms with van der Waals surface area (Å²) in [5.74, 6) is 0.519. The van der Waals surface area contributed by atoms with E-state index in [1.54, 1.807) is 6.20 Å². The van der Waals surface area contributed by atoms with Crippen LogP contribution in [0.5, 0.6) is 0 Å². The molecule has 1 aromatic heterocycles. The Morgan fingerprint density at radius 1 is 1.73 bits per heavy atom. The maximum atomic E-state index is 5.89. The fraction of sp³-hybridized carbons (Fsp3) is 0.700. The van der Waals surface area contributed by atoms with Gasteiger partial charge in [0.2, 0.25) is 0 Å². The van der Waals surface area contributed by atoms with Crippen LogP contribution in [-0.2, 0) is 4.74 Å². The van der Waals surface area contributed by atoms with E-state index in [4.69, 9.17) is 16.3 Å². The molecule has 5 heteroatoms. The van der Waals surface area contributed by atoms with Gasteiger partial charge >= 0.3 is 0 Å². The first kappa shape index (κ1) is 11.3. The lowest BCUT2D eigenvalue weighted by atomic mass is 9.94. The summed E-state index contributed by atoms with van der Waals surface area (Å²) >= 11 is 7.41.